The predicted molar refractivity (Wildman–Crippen MR) is 237 cm³/mol. The molecule has 14 nitrogen and oxygen atoms in total. The molecule has 3 N–H and O–H groups in total. The fourth-order valence-corrected chi connectivity index (χ4v) is 9.91. The van der Waals surface area contributed by atoms with Gasteiger partial charge in [0.2, 0.25) is 11.8 Å². The van der Waals surface area contributed by atoms with Crippen LogP contribution in [0.4, 0.5) is 15.3 Å². The number of H-pyrrole nitrogens is 1. The summed E-state index contributed by atoms with van der Waals surface area (Å²) in [5.41, 5.74) is 8.03. The van der Waals surface area contributed by atoms with E-state index in [4.69, 9.17) is 24.2 Å². The molecule has 2 saturated heterocycles. The van der Waals surface area contributed by atoms with E-state index in [2.05, 4.69) is 65.0 Å². The number of alkyl carbamates (subject to hydrolysis) is 2. The number of nitrogens with zero attached hydrogens (tertiary/aromatic N) is 4. The molecule has 0 aliphatic carbocycles. The molecule has 0 radical (unpaired) electrons. The largest absolute Gasteiger partial charge is 0.488 e. The highest BCUT2D eigenvalue weighted by atomic mass is 16.5. The molecule has 4 aliphatic heterocycles. The molecule has 3 aromatic carbocycles. The maximum absolute atomic E-state index is 14.2. The summed E-state index contributed by atoms with van der Waals surface area (Å²) >= 11 is 0. The molecule has 1 aromatic heterocycles. The molecule has 0 unspecified atom stereocenters. The number of fused-ring (bicyclic) bond motifs is 6. The van der Waals surface area contributed by atoms with Crippen LogP contribution in [-0.2, 0) is 32.1 Å². The number of rotatable bonds is 11. The zero-order valence-corrected chi connectivity index (χ0v) is 37.0. The van der Waals surface area contributed by atoms with E-state index in [1.165, 1.54) is 14.2 Å². The quantitative estimate of drug-likeness (QED) is 0.135. The fourth-order valence-electron chi connectivity index (χ4n) is 9.91. The van der Waals surface area contributed by atoms with Crippen molar-refractivity contribution in [3.8, 4) is 28.1 Å². The summed E-state index contributed by atoms with van der Waals surface area (Å²) in [6.45, 7) is 12.5. The van der Waals surface area contributed by atoms with Crippen LogP contribution in [-0.4, -0.2) is 93.9 Å². The summed E-state index contributed by atoms with van der Waals surface area (Å²) in [5, 5.41) is 7.77. The minimum atomic E-state index is -0.701. The van der Waals surface area contributed by atoms with Gasteiger partial charge in [-0.1, -0.05) is 58.7 Å². The van der Waals surface area contributed by atoms with Crippen molar-refractivity contribution in [1.29, 1.82) is 0 Å². The maximum Gasteiger partial charge on any atom is 0.407 e. The van der Waals surface area contributed by atoms with E-state index in [0.29, 0.717) is 13.0 Å². The minimum Gasteiger partial charge on any atom is -0.488 e. The third-order valence-corrected chi connectivity index (χ3v) is 13.9. The number of aromatic amines is 1. The first-order chi connectivity index (χ1) is 29.8. The molecule has 62 heavy (non-hydrogen) atoms. The topological polar surface area (TPSA) is 168 Å². The summed E-state index contributed by atoms with van der Waals surface area (Å²) in [7, 11) is 2.62. The summed E-state index contributed by atoms with van der Waals surface area (Å²) in [6, 6.07) is 13.1. The molecule has 0 spiro atoms. The number of likely N-dealkylation sites (tertiary alicyclic amines) is 2. The number of hydrogen-bond donors (Lipinski definition) is 3. The van der Waals surface area contributed by atoms with Gasteiger partial charge in [0.15, 0.2) is 0 Å². The Morgan fingerprint density at radius 2 is 1.45 bits per heavy atom. The first-order valence-electron chi connectivity index (χ1n) is 22.2. The van der Waals surface area contributed by atoms with Crippen molar-refractivity contribution in [3.05, 3.63) is 65.6 Å². The summed E-state index contributed by atoms with van der Waals surface area (Å²) in [4.78, 5) is 70.0. The zero-order valence-electron chi connectivity index (χ0n) is 37.0. The molecule has 8 atom stereocenters. The molecule has 0 bridgehead atoms. The average Bonchev–Trinajstić information content (AvgIpc) is 4.11. The predicted octanol–water partition coefficient (Wildman–Crippen LogP) is 8.39. The second-order valence-corrected chi connectivity index (χ2v) is 17.6. The lowest BCUT2D eigenvalue weighted by Crippen LogP contribution is -2.55. The molecule has 0 saturated carbocycles. The zero-order chi connectivity index (χ0) is 44.0. The van der Waals surface area contributed by atoms with Crippen molar-refractivity contribution in [2.45, 2.75) is 129 Å². The highest BCUT2D eigenvalue weighted by molar-refractivity contribution is 6.06. The monoisotopic (exact) mass is 845 g/mol. The number of hydrogen-bond acceptors (Lipinski definition) is 9. The van der Waals surface area contributed by atoms with Crippen molar-refractivity contribution >= 4 is 46.2 Å². The number of imidazole rings is 1. The number of aromatic nitrogens is 2. The smallest absolute Gasteiger partial charge is 0.407 e. The first-order valence-corrected chi connectivity index (χ1v) is 22.2. The number of aliphatic imine (C=N–C) groups is 1. The molecule has 4 aliphatic rings. The lowest BCUT2D eigenvalue weighted by molar-refractivity contribution is -0.138. The number of amides is 4. The third-order valence-electron chi connectivity index (χ3n) is 13.9. The SMILES string of the molecule is CC[C@H](C)[C@H](NC(=O)OC)C(=O)N1[C@@H](C)CC[C@H]1C1=Nc2ccc3cc4c(cc3c2C1)OCc1cc(-c2cnc([C@@H]3CC[C@H](C)N3C(=O)[C@@H](NC(=O)OC)[C@@H](C)CC)[nH]2)ccc1-4. The van der Waals surface area contributed by atoms with Gasteiger partial charge in [-0.15, -0.1) is 0 Å². The van der Waals surface area contributed by atoms with E-state index in [0.717, 1.165) is 106 Å². The van der Waals surface area contributed by atoms with Gasteiger partial charge in [0.25, 0.3) is 0 Å². The molecule has 5 heterocycles. The van der Waals surface area contributed by atoms with Crippen LogP contribution < -0.4 is 15.4 Å². The second kappa shape index (κ2) is 17.5. The normalized spacial score (nSPS) is 22.1. The van der Waals surface area contributed by atoms with E-state index in [-0.39, 0.29) is 47.8 Å². The third kappa shape index (κ3) is 7.77. The standard InChI is InChI=1S/C48H59N7O7/c1-9-25(3)42(52-47(58)60-7)45(56)54-27(5)11-17-39(54)37-21-34-33-22-41-35(20-29(33)14-16-36(34)50-37)32-15-13-30(19-31(32)24-62-41)38-23-49-44(51-38)40-18-12-28(6)55(40)46(57)43(26(4)10-2)53-48(59)61-8/h13-16,19-20,22-23,25-28,39-40,42-43H,9-12,17-18,21,24H2,1-8H3,(H,49,51)(H,52,58)(H,53,59)/t25-,26-,27-,28-,39-,40-,42-,43-/m0/s1. The molecule has 8 rings (SSSR count). The lowest BCUT2D eigenvalue weighted by Gasteiger charge is -2.34. The lowest BCUT2D eigenvalue weighted by atomic mass is 9.90. The Labute approximate surface area is 363 Å². The van der Waals surface area contributed by atoms with Gasteiger partial charge in [0, 0.05) is 29.8 Å². The Kier molecular flexibility index (Phi) is 12.0. The Bertz CT molecular complexity index is 2430. The van der Waals surface area contributed by atoms with E-state index < -0.39 is 24.3 Å². The van der Waals surface area contributed by atoms with Crippen LogP contribution in [0, 0.1) is 11.8 Å². The summed E-state index contributed by atoms with van der Waals surface area (Å²) < 4.78 is 16.2. The molecular weight excluding hydrogens is 787 g/mol. The Balaban J connectivity index is 1.01. The second-order valence-electron chi connectivity index (χ2n) is 17.6. The Morgan fingerprint density at radius 1 is 0.823 bits per heavy atom. The van der Waals surface area contributed by atoms with Gasteiger partial charge in [0.1, 0.15) is 30.3 Å². The van der Waals surface area contributed by atoms with E-state index >= 15 is 0 Å². The van der Waals surface area contributed by atoms with Crippen LogP contribution in [0.3, 0.4) is 0 Å². The molecule has 2 fully saturated rings. The number of methoxy groups -OCH3 is 2. The highest BCUT2D eigenvalue weighted by Gasteiger charge is 2.44. The van der Waals surface area contributed by atoms with Crippen LogP contribution in [0.5, 0.6) is 5.75 Å². The minimum absolute atomic E-state index is 0.0116. The van der Waals surface area contributed by atoms with Gasteiger partial charge >= 0.3 is 12.2 Å². The van der Waals surface area contributed by atoms with Crippen LogP contribution in [0.1, 0.15) is 103 Å². The van der Waals surface area contributed by atoms with Crippen molar-refractivity contribution in [2.24, 2.45) is 16.8 Å². The average molecular weight is 846 g/mol. The number of ether oxygens (including phenoxy) is 3. The van der Waals surface area contributed by atoms with Crippen molar-refractivity contribution in [3.63, 3.8) is 0 Å². The van der Waals surface area contributed by atoms with Gasteiger partial charge < -0.3 is 39.6 Å². The van der Waals surface area contributed by atoms with Crippen LogP contribution in [0.15, 0.2) is 53.7 Å². The van der Waals surface area contributed by atoms with Gasteiger partial charge in [-0.25, -0.2) is 14.6 Å². The summed E-state index contributed by atoms with van der Waals surface area (Å²) in [6.07, 6.45) is 5.95. The first kappa shape index (κ1) is 42.8. The summed E-state index contributed by atoms with van der Waals surface area (Å²) in [5.74, 6) is 1.18. The number of carbonyl (C=O) groups excluding carboxylic acids is 4. The Hall–Kier alpha value is -5.92. The number of nitrogens with one attached hydrogen (secondary N) is 3. The fraction of sp³-hybridized carbons (Fsp3) is 0.500. The maximum atomic E-state index is 14.2. The van der Waals surface area contributed by atoms with Crippen LogP contribution >= 0.6 is 0 Å². The Morgan fingerprint density at radius 3 is 2.08 bits per heavy atom. The molecule has 4 aromatic rings. The van der Waals surface area contributed by atoms with E-state index in [1.807, 2.05) is 50.6 Å². The van der Waals surface area contributed by atoms with Crippen molar-refractivity contribution in [2.75, 3.05) is 14.2 Å². The van der Waals surface area contributed by atoms with Gasteiger partial charge in [-0.2, -0.15) is 0 Å². The molecule has 328 valence electrons. The molecule has 4 amide bonds. The molecule has 14 heteroatoms. The number of benzene rings is 3. The highest BCUT2D eigenvalue weighted by Crippen LogP contribution is 2.45. The van der Waals surface area contributed by atoms with Gasteiger partial charge in [-0.05, 0) is 109 Å². The van der Waals surface area contributed by atoms with Gasteiger partial charge in [0.05, 0.1) is 43.9 Å². The van der Waals surface area contributed by atoms with Crippen LogP contribution in [0.25, 0.3) is 33.2 Å². The van der Waals surface area contributed by atoms with Crippen molar-refractivity contribution in [1.82, 2.24) is 30.4 Å². The van der Waals surface area contributed by atoms with Crippen LogP contribution in [0.2, 0.25) is 0 Å². The van der Waals surface area contributed by atoms with Crippen molar-refractivity contribution < 1.29 is 33.4 Å². The van der Waals surface area contributed by atoms with Gasteiger partial charge in [-0.3, -0.25) is 14.6 Å². The van der Waals surface area contributed by atoms with E-state index in [9.17, 15) is 19.2 Å². The number of carbonyl (C=O) groups is 4. The molecular formula is C48H59N7O7. The van der Waals surface area contributed by atoms with E-state index in [1.54, 1.807) is 0 Å².